The summed E-state index contributed by atoms with van der Waals surface area (Å²) < 4.78 is 25.6. The van der Waals surface area contributed by atoms with Crippen LogP contribution in [0.4, 0.5) is 11.4 Å². The summed E-state index contributed by atoms with van der Waals surface area (Å²) in [5.41, 5.74) is 1.55. The molecule has 1 amide bonds. The van der Waals surface area contributed by atoms with E-state index in [1.54, 1.807) is 12.1 Å². The van der Waals surface area contributed by atoms with E-state index >= 15 is 0 Å². The van der Waals surface area contributed by atoms with E-state index in [0.29, 0.717) is 10.7 Å². The summed E-state index contributed by atoms with van der Waals surface area (Å²) >= 11 is 6.06. The molecule has 7 nitrogen and oxygen atoms in total. The molecule has 1 saturated heterocycles. The van der Waals surface area contributed by atoms with E-state index in [1.165, 1.54) is 26.2 Å². The van der Waals surface area contributed by atoms with Gasteiger partial charge in [-0.2, -0.15) is 0 Å². The van der Waals surface area contributed by atoms with Crippen LogP contribution in [0.3, 0.4) is 0 Å². The van der Waals surface area contributed by atoms with Gasteiger partial charge in [0, 0.05) is 56.7 Å². The predicted octanol–water partition coefficient (Wildman–Crippen LogP) is 2.35. The minimum absolute atomic E-state index is 0.149. The second-order valence-electron chi connectivity index (χ2n) is 7.11. The molecule has 1 N–H and O–H groups in total. The van der Waals surface area contributed by atoms with Crippen LogP contribution in [0, 0.1) is 0 Å². The average Bonchev–Trinajstić information content (AvgIpc) is 2.68. The van der Waals surface area contributed by atoms with Crippen molar-refractivity contribution in [3.8, 4) is 0 Å². The highest BCUT2D eigenvalue weighted by Crippen LogP contribution is 2.21. The zero-order chi connectivity index (χ0) is 21.0. The fourth-order valence-electron chi connectivity index (χ4n) is 3.19. The molecule has 0 radical (unpaired) electrons. The molecule has 1 aliphatic rings. The Morgan fingerprint density at radius 1 is 1.07 bits per heavy atom. The van der Waals surface area contributed by atoms with Crippen LogP contribution in [0.2, 0.25) is 5.02 Å². The highest BCUT2D eigenvalue weighted by Gasteiger charge is 2.20. The van der Waals surface area contributed by atoms with Crippen molar-refractivity contribution in [2.75, 3.05) is 57.0 Å². The van der Waals surface area contributed by atoms with Gasteiger partial charge in [0.15, 0.2) is 0 Å². The maximum absolute atomic E-state index is 12.4. The monoisotopic (exact) mass is 436 g/mol. The Bertz CT molecular complexity index is 973. The number of anilines is 2. The number of halogens is 1. The molecular formula is C20H25ClN4O3S. The Labute approximate surface area is 176 Å². The maximum atomic E-state index is 12.4. The molecule has 1 heterocycles. The number of carbonyl (C=O) groups excluding carboxylic acids is 1. The molecule has 0 spiro atoms. The molecular weight excluding hydrogens is 412 g/mol. The van der Waals surface area contributed by atoms with Crippen LogP contribution >= 0.6 is 11.6 Å². The van der Waals surface area contributed by atoms with E-state index in [9.17, 15) is 13.2 Å². The first-order chi connectivity index (χ1) is 13.8. The quantitative estimate of drug-likeness (QED) is 0.752. The van der Waals surface area contributed by atoms with Crippen molar-refractivity contribution >= 4 is 38.9 Å². The van der Waals surface area contributed by atoms with E-state index in [1.807, 2.05) is 24.3 Å². The summed E-state index contributed by atoms with van der Waals surface area (Å²) in [7, 11) is -0.590. The van der Waals surface area contributed by atoms with Crippen LogP contribution in [-0.2, 0) is 14.8 Å². The Hall–Kier alpha value is -2.13. The number of carbonyl (C=O) groups is 1. The predicted molar refractivity (Wildman–Crippen MR) is 116 cm³/mol. The zero-order valence-corrected chi connectivity index (χ0v) is 18.1. The second kappa shape index (κ2) is 9.13. The number of rotatable bonds is 6. The lowest BCUT2D eigenvalue weighted by molar-refractivity contribution is -0.117. The molecule has 3 rings (SSSR count). The normalized spacial score (nSPS) is 15.5. The second-order valence-corrected chi connectivity index (χ2v) is 9.69. The molecule has 0 unspecified atom stereocenters. The molecule has 0 bridgehead atoms. The van der Waals surface area contributed by atoms with E-state index in [4.69, 9.17) is 11.6 Å². The Balaban J connectivity index is 1.54. The molecule has 29 heavy (non-hydrogen) atoms. The lowest BCUT2D eigenvalue weighted by Gasteiger charge is -2.35. The van der Waals surface area contributed by atoms with Crippen molar-refractivity contribution in [1.82, 2.24) is 9.21 Å². The van der Waals surface area contributed by atoms with Crippen molar-refractivity contribution in [1.29, 1.82) is 0 Å². The molecule has 0 aliphatic carbocycles. The molecule has 156 valence electrons. The third kappa shape index (κ3) is 5.48. The van der Waals surface area contributed by atoms with Gasteiger partial charge in [0.2, 0.25) is 15.9 Å². The number of hydrogen-bond donors (Lipinski definition) is 1. The lowest BCUT2D eigenvalue weighted by Crippen LogP contribution is -2.48. The minimum Gasteiger partial charge on any atom is -0.369 e. The Morgan fingerprint density at radius 2 is 1.76 bits per heavy atom. The number of nitrogens with one attached hydrogen (secondary N) is 1. The highest BCUT2D eigenvalue weighted by atomic mass is 35.5. The molecule has 0 aromatic heterocycles. The summed E-state index contributed by atoms with van der Waals surface area (Å²) in [5, 5.41) is 3.51. The van der Waals surface area contributed by atoms with Crippen molar-refractivity contribution in [3.05, 3.63) is 53.6 Å². The van der Waals surface area contributed by atoms with Crippen molar-refractivity contribution in [3.63, 3.8) is 0 Å². The van der Waals surface area contributed by atoms with Crippen molar-refractivity contribution in [2.45, 2.75) is 4.90 Å². The third-order valence-electron chi connectivity index (χ3n) is 4.81. The van der Waals surface area contributed by atoms with Crippen LogP contribution in [-0.4, -0.2) is 70.3 Å². The lowest BCUT2D eigenvalue weighted by atomic mass is 10.2. The number of hydrogen-bond acceptors (Lipinski definition) is 5. The average molecular weight is 437 g/mol. The standard InChI is InChI=1S/C20H25ClN4O3S/c1-23(2)29(27,28)19-8-4-6-17(14-19)22-20(26)15-24-9-11-25(12-10-24)18-7-3-5-16(21)13-18/h3-8,13-14H,9-12,15H2,1-2H3,(H,22,26). The summed E-state index contributed by atoms with van der Waals surface area (Å²) in [6.07, 6.45) is 0. The van der Waals surface area contributed by atoms with Gasteiger partial charge in [-0.1, -0.05) is 23.7 Å². The smallest absolute Gasteiger partial charge is 0.242 e. The van der Waals surface area contributed by atoms with Crippen LogP contribution in [0.15, 0.2) is 53.4 Å². The van der Waals surface area contributed by atoms with Gasteiger partial charge in [0.1, 0.15) is 0 Å². The van der Waals surface area contributed by atoms with E-state index < -0.39 is 10.0 Å². The van der Waals surface area contributed by atoms with E-state index in [0.717, 1.165) is 36.2 Å². The SMILES string of the molecule is CN(C)S(=O)(=O)c1cccc(NC(=O)CN2CCN(c3cccc(Cl)c3)CC2)c1. The number of sulfonamides is 1. The van der Waals surface area contributed by atoms with Gasteiger partial charge in [-0.15, -0.1) is 0 Å². The largest absolute Gasteiger partial charge is 0.369 e. The first-order valence-electron chi connectivity index (χ1n) is 9.31. The number of amides is 1. The van der Waals surface area contributed by atoms with Crippen LogP contribution < -0.4 is 10.2 Å². The fraction of sp³-hybridized carbons (Fsp3) is 0.350. The van der Waals surface area contributed by atoms with Gasteiger partial charge >= 0.3 is 0 Å². The highest BCUT2D eigenvalue weighted by molar-refractivity contribution is 7.89. The van der Waals surface area contributed by atoms with Gasteiger partial charge in [0.05, 0.1) is 11.4 Å². The molecule has 9 heteroatoms. The zero-order valence-electron chi connectivity index (χ0n) is 16.5. The molecule has 1 aliphatic heterocycles. The molecule has 1 fully saturated rings. The Kier molecular flexibility index (Phi) is 6.79. The summed E-state index contributed by atoms with van der Waals surface area (Å²) in [5.74, 6) is -0.166. The summed E-state index contributed by atoms with van der Waals surface area (Å²) in [4.78, 5) is 16.9. The third-order valence-corrected chi connectivity index (χ3v) is 6.86. The molecule has 0 atom stereocenters. The van der Waals surface area contributed by atoms with E-state index in [-0.39, 0.29) is 17.3 Å². The molecule has 2 aromatic rings. The fourth-order valence-corrected chi connectivity index (χ4v) is 4.32. The number of benzene rings is 2. The van der Waals surface area contributed by atoms with Gasteiger partial charge < -0.3 is 10.2 Å². The Morgan fingerprint density at radius 3 is 2.41 bits per heavy atom. The van der Waals surface area contributed by atoms with Gasteiger partial charge in [-0.3, -0.25) is 9.69 Å². The number of piperazine rings is 1. The van der Waals surface area contributed by atoms with Gasteiger partial charge in [-0.05, 0) is 36.4 Å². The van der Waals surface area contributed by atoms with Crippen molar-refractivity contribution < 1.29 is 13.2 Å². The van der Waals surface area contributed by atoms with Crippen LogP contribution in [0.5, 0.6) is 0 Å². The topological polar surface area (TPSA) is 73.0 Å². The van der Waals surface area contributed by atoms with Gasteiger partial charge in [0.25, 0.3) is 0 Å². The van der Waals surface area contributed by atoms with Crippen molar-refractivity contribution in [2.24, 2.45) is 0 Å². The van der Waals surface area contributed by atoms with E-state index in [2.05, 4.69) is 15.1 Å². The first-order valence-corrected chi connectivity index (χ1v) is 11.1. The minimum atomic E-state index is -3.54. The number of nitrogens with zero attached hydrogens (tertiary/aromatic N) is 3. The summed E-state index contributed by atoms with van der Waals surface area (Å²) in [6, 6.07) is 14.1. The van der Waals surface area contributed by atoms with Gasteiger partial charge in [-0.25, -0.2) is 12.7 Å². The molecule has 2 aromatic carbocycles. The first kappa shape index (κ1) is 21.6. The van der Waals surface area contributed by atoms with Crippen LogP contribution in [0.1, 0.15) is 0 Å². The summed E-state index contributed by atoms with van der Waals surface area (Å²) in [6.45, 7) is 3.40. The maximum Gasteiger partial charge on any atom is 0.242 e. The molecule has 0 saturated carbocycles. The van der Waals surface area contributed by atoms with Crippen LogP contribution in [0.25, 0.3) is 0 Å².